The van der Waals surface area contributed by atoms with E-state index in [1.165, 1.54) is 0 Å². The van der Waals surface area contributed by atoms with Gasteiger partial charge in [0.05, 0.1) is 0 Å². The molecule has 5 heteroatoms. The Morgan fingerprint density at radius 1 is 0.600 bits per heavy atom. The number of rotatable bonds is 0. The van der Waals surface area contributed by atoms with Crippen LogP contribution in [0.4, 0.5) is 0 Å². The Morgan fingerprint density at radius 3 is 0.600 bits per heavy atom. The van der Waals surface area contributed by atoms with Gasteiger partial charge < -0.3 is 44.9 Å². The van der Waals surface area contributed by atoms with E-state index in [9.17, 15) is 0 Å². The Bertz CT molecular complexity index is 7.61. The van der Waals surface area contributed by atoms with E-state index in [4.69, 9.17) is 0 Å². The molecule has 38 valence electrons. The third-order valence-electron chi connectivity index (χ3n) is 0. The topological polar surface area (TPSA) is 57.0 Å². The average molecular weight is 288 g/mol. The van der Waals surface area contributed by atoms with Crippen LogP contribution in [0.15, 0.2) is 0 Å². The zero-order chi connectivity index (χ0) is 0. The summed E-state index contributed by atoms with van der Waals surface area (Å²) in [5.41, 5.74) is 0. The molecule has 0 bridgehead atoms. The van der Waals surface area contributed by atoms with Gasteiger partial charge in [-0.1, -0.05) is 0 Å². The second kappa shape index (κ2) is 47.2. The zero-order valence-electron chi connectivity index (χ0n) is 1.98. The molecule has 0 rings (SSSR count). The van der Waals surface area contributed by atoms with Crippen LogP contribution < -0.4 is 34.0 Å². The van der Waals surface area contributed by atoms with Crippen LogP contribution in [0.25, 0.3) is 0 Å². The smallest absolute Gasteiger partial charge is 0 e. The summed E-state index contributed by atoms with van der Waals surface area (Å²) >= 11 is 0. The Balaban J connectivity index is 0. The van der Waals surface area contributed by atoms with Crippen LogP contribution in [0.5, 0.6) is 0 Å². The largest absolute Gasteiger partial charge is 2.00 e. The van der Waals surface area contributed by atoms with E-state index in [0.717, 1.165) is 0 Å². The minimum Gasteiger partial charge on any atom is -2.00 e. The third-order valence-corrected chi connectivity index (χ3v) is 0. The fourth-order valence-corrected chi connectivity index (χ4v) is 0. The van der Waals surface area contributed by atoms with Crippen LogP contribution in [0.3, 0.4) is 0 Å². The number of halogens is 2. The van der Waals surface area contributed by atoms with Gasteiger partial charge in [0.2, 0.25) is 0 Å². The van der Waals surface area contributed by atoms with Crippen LogP contribution in [-0.4, -0.2) is 0 Å². The summed E-state index contributed by atoms with van der Waals surface area (Å²) in [5.74, 6) is 0. The molecule has 0 aliphatic carbocycles. The Morgan fingerprint density at radius 2 is 0.600 bits per heavy atom. The molecule has 5 heavy (non-hydrogen) atoms. The SMILES string of the molecule is [Br-].[Br-].[Mo].[O-2].[O-2]. The summed E-state index contributed by atoms with van der Waals surface area (Å²) < 4.78 is 0. The number of hydrogen-bond acceptors (Lipinski definition) is 0. The summed E-state index contributed by atoms with van der Waals surface area (Å²) in [4.78, 5) is 0. The number of hydrogen-bond donors (Lipinski definition) is 0. The summed E-state index contributed by atoms with van der Waals surface area (Å²) in [6.45, 7) is 0. The van der Waals surface area contributed by atoms with E-state index in [2.05, 4.69) is 0 Å². The molecule has 0 saturated carbocycles. The van der Waals surface area contributed by atoms with Gasteiger partial charge in [0.25, 0.3) is 0 Å². The Kier molecular flexibility index (Phi) is 782. The van der Waals surface area contributed by atoms with Crippen molar-refractivity contribution in [2.24, 2.45) is 0 Å². The van der Waals surface area contributed by atoms with Gasteiger partial charge in [-0.05, 0) is 0 Å². The zero-order valence-corrected chi connectivity index (χ0v) is 7.16. The van der Waals surface area contributed by atoms with Crippen LogP contribution in [0.1, 0.15) is 0 Å². The monoisotopic (exact) mass is 288 g/mol. The van der Waals surface area contributed by atoms with Gasteiger partial charge in [-0.25, -0.2) is 0 Å². The molecule has 0 amide bonds. The quantitative estimate of drug-likeness (QED) is 0.398. The van der Waals surface area contributed by atoms with Gasteiger partial charge in [-0.15, -0.1) is 0 Å². The fourth-order valence-electron chi connectivity index (χ4n) is 0. The molecule has 2 nitrogen and oxygen atoms in total. The van der Waals surface area contributed by atoms with Crippen LogP contribution in [0.2, 0.25) is 0 Å². The Labute approximate surface area is 65.7 Å². The van der Waals surface area contributed by atoms with E-state index in [-0.39, 0.29) is 66.0 Å². The van der Waals surface area contributed by atoms with E-state index in [1.807, 2.05) is 0 Å². The second-order valence-corrected chi connectivity index (χ2v) is 0. The maximum absolute atomic E-state index is 0. The molecule has 0 aromatic rings. The molecule has 0 spiro atoms. The van der Waals surface area contributed by atoms with Crippen LogP contribution >= 0.6 is 0 Å². The van der Waals surface area contributed by atoms with Gasteiger partial charge in [0.1, 0.15) is 0 Å². The maximum Gasteiger partial charge on any atom is 0 e. The van der Waals surface area contributed by atoms with Crippen molar-refractivity contribution >= 4 is 0 Å². The van der Waals surface area contributed by atoms with E-state index < -0.39 is 0 Å². The fraction of sp³-hybridized carbons (Fsp3) is 0. The first-order valence-electron chi connectivity index (χ1n) is 0. The summed E-state index contributed by atoms with van der Waals surface area (Å²) in [5, 5.41) is 0. The summed E-state index contributed by atoms with van der Waals surface area (Å²) in [6.07, 6.45) is 0. The van der Waals surface area contributed by atoms with Gasteiger partial charge in [0.15, 0.2) is 0 Å². The van der Waals surface area contributed by atoms with Gasteiger partial charge in [0, 0.05) is 21.1 Å². The predicted octanol–water partition coefficient (Wildman–Crippen LogP) is -6.23. The molecular formula is Br2MoO2-6. The molecule has 0 aliphatic heterocycles. The van der Waals surface area contributed by atoms with Crippen molar-refractivity contribution < 1.29 is 66.0 Å². The third kappa shape index (κ3) is 28.8. The van der Waals surface area contributed by atoms with Crippen molar-refractivity contribution in [2.75, 3.05) is 0 Å². The standard InChI is InChI=1S/2BrH.Mo.2O/h2*1H;;;/q;;;2*-2/p-2. The van der Waals surface area contributed by atoms with E-state index in [1.54, 1.807) is 0 Å². The van der Waals surface area contributed by atoms with Gasteiger partial charge >= 0.3 is 0 Å². The van der Waals surface area contributed by atoms with Crippen molar-refractivity contribution in [3.63, 3.8) is 0 Å². The molecule has 0 radical (unpaired) electrons. The Hall–Kier alpha value is 1.57. The first-order chi connectivity index (χ1) is 0. The molecule has 0 saturated heterocycles. The summed E-state index contributed by atoms with van der Waals surface area (Å²) in [6, 6.07) is 0. The molecule has 0 N–H and O–H groups in total. The minimum absolute atomic E-state index is 0. The second-order valence-electron chi connectivity index (χ2n) is 0. The maximum atomic E-state index is 0. The van der Waals surface area contributed by atoms with E-state index >= 15 is 0 Å². The minimum atomic E-state index is 0. The van der Waals surface area contributed by atoms with Crippen molar-refractivity contribution in [3.8, 4) is 0 Å². The van der Waals surface area contributed by atoms with Gasteiger partial charge in [-0.3, -0.25) is 0 Å². The molecule has 0 aromatic heterocycles. The predicted molar refractivity (Wildman–Crippen MR) is 1.37 cm³/mol. The van der Waals surface area contributed by atoms with Crippen LogP contribution in [0, 0.1) is 0 Å². The molecule has 0 unspecified atom stereocenters. The van der Waals surface area contributed by atoms with Crippen molar-refractivity contribution in [1.82, 2.24) is 0 Å². The molecule has 0 atom stereocenters. The van der Waals surface area contributed by atoms with Crippen molar-refractivity contribution in [2.45, 2.75) is 0 Å². The van der Waals surface area contributed by atoms with Crippen molar-refractivity contribution in [3.05, 3.63) is 0 Å². The summed E-state index contributed by atoms with van der Waals surface area (Å²) in [7, 11) is 0. The molecule has 0 aliphatic rings. The first-order valence-corrected chi connectivity index (χ1v) is 0. The normalized spacial score (nSPS) is 0. The van der Waals surface area contributed by atoms with Gasteiger partial charge in [-0.2, -0.15) is 0 Å². The van der Waals surface area contributed by atoms with Crippen molar-refractivity contribution in [1.29, 1.82) is 0 Å². The molecule has 0 fully saturated rings. The molecule has 0 heterocycles. The first kappa shape index (κ1) is 82.8. The molecular weight excluding hydrogens is 288 g/mol. The van der Waals surface area contributed by atoms with E-state index in [0.29, 0.717) is 0 Å². The molecule has 0 aromatic carbocycles. The average Bonchev–Trinajstić information content (AvgIpc) is 0. The van der Waals surface area contributed by atoms with Crippen LogP contribution in [-0.2, 0) is 32.0 Å².